The third-order valence-electron chi connectivity index (χ3n) is 6.38. The zero-order valence-electron chi connectivity index (χ0n) is 18.9. The molecule has 2 fully saturated rings. The van der Waals surface area contributed by atoms with Gasteiger partial charge in [0.05, 0.1) is 36.5 Å². The molecule has 1 aliphatic carbocycles. The van der Waals surface area contributed by atoms with Gasteiger partial charge in [0.1, 0.15) is 0 Å². The number of hydrazine groups is 1. The van der Waals surface area contributed by atoms with E-state index in [9.17, 15) is 10.1 Å². The highest BCUT2D eigenvalue weighted by molar-refractivity contribution is 5.95. The first kappa shape index (κ1) is 22.0. The van der Waals surface area contributed by atoms with Crippen LogP contribution in [0.2, 0.25) is 0 Å². The molecule has 0 bridgehead atoms. The predicted molar refractivity (Wildman–Crippen MR) is 125 cm³/mol. The molecular weight excluding hydrogens is 430 g/mol. The molecule has 1 N–H and O–H groups in total. The Kier molecular flexibility index (Phi) is 6.49. The number of hydrogen-bond acceptors (Lipinski definition) is 7. The third kappa shape index (κ3) is 4.92. The number of nitriles is 1. The normalized spacial score (nSPS) is 17.0. The molecule has 1 unspecified atom stereocenters. The Bertz CT molecular complexity index is 1160. The molecule has 1 amide bonds. The molecule has 0 radical (unpaired) electrons. The van der Waals surface area contributed by atoms with Crippen molar-refractivity contribution in [1.29, 1.82) is 5.26 Å². The number of benzene rings is 1. The van der Waals surface area contributed by atoms with Crippen LogP contribution < -0.4 is 5.43 Å². The van der Waals surface area contributed by atoms with Gasteiger partial charge in [0.15, 0.2) is 0 Å². The number of carbonyl (C=O) groups is 1. The maximum absolute atomic E-state index is 13.3. The van der Waals surface area contributed by atoms with Crippen molar-refractivity contribution in [2.24, 2.45) is 5.92 Å². The summed E-state index contributed by atoms with van der Waals surface area (Å²) in [5.41, 5.74) is 5.32. The second-order valence-corrected chi connectivity index (χ2v) is 8.74. The van der Waals surface area contributed by atoms with Crippen LogP contribution in [0, 0.1) is 17.2 Å². The monoisotopic (exact) mass is 457 g/mol. The lowest BCUT2D eigenvalue weighted by Crippen LogP contribution is -2.47. The molecule has 5 rings (SSSR count). The van der Waals surface area contributed by atoms with Crippen LogP contribution in [0.4, 0.5) is 5.95 Å². The summed E-state index contributed by atoms with van der Waals surface area (Å²) >= 11 is 0. The van der Waals surface area contributed by atoms with Crippen molar-refractivity contribution in [3.63, 3.8) is 0 Å². The van der Waals surface area contributed by atoms with Gasteiger partial charge in [-0.15, -0.1) is 0 Å². The quantitative estimate of drug-likeness (QED) is 0.512. The minimum absolute atomic E-state index is 0.0262. The van der Waals surface area contributed by atoms with Crippen molar-refractivity contribution >= 4 is 11.9 Å². The molecule has 34 heavy (non-hydrogen) atoms. The highest BCUT2D eigenvalue weighted by Crippen LogP contribution is 2.41. The van der Waals surface area contributed by atoms with Crippen LogP contribution >= 0.6 is 0 Å². The molecule has 3 aromatic rings. The molecule has 1 aromatic carbocycles. The third-order valence-corrected chi connectivity index (χ3v) is 6.38. The number of nitrogens with one attached hydrogen (secondary N) is 1. The van der Waals surface area contributed by atoms with Crippen LogP contribution in [0.3, 0.4) is 0 Å². The molecule has 1 atom stereocenters. The summed E-state index contributed by atoms with van der Waals surface area (Å²) in [7, 11) is 0. The Morgan fingerprint density at radius 3 is 2.74 bits per heavy atom. The average molecular weight is 458 g/mol. The fourth-order valence-electron chi connectivity index (χ4n) is 4.35. The van der Waals surface area contributed by atoms with Crippen molar-refractivity contribution in [2.45, 2.75) is 44.2 Å². The summed E-state index contributed by atoms with van der Waals surface area (Å²) in [6.45, 7) is 1.21. The van der Waals surface area contributed by atoms with Crippen molar-refractivity contribution in [2.75, 3.05) is 18.6 Å². The fourth-order valence-corrected chi connectivity index (χ4v) is 4.35. The number of amides is 1. The van der Waals surface area contributed by atoms with Crippen LogP contribution in [0.1, 0.15) is 48.5 Å². The molecule has 2 aromatic heterocycles. The van der Waals surface area contributed by atoms with Gasteiger partial charge in [0, 0.05) is 36.7 Å². The number of rotatable bonds is 8. The van der Waals surface area contributed by atoms with Gasteiger partial charge in [-0.05, 0) is 49.8 Å². The smallest absolute Gasteiger partial charge is 0.272 e. The van der Waals surface area contributed by atoms with E-state index in [4.69, 9.17) is 4.74 Å². The van der Waals surface area contributed by atoms with Gasteiger partial charge in [-0.25, -0.2) is 15.0 Å². The van der Waals surface area contributed by atoms with E-state index in [0.29, 0.717) is 42.8 Å². The lowest BCUT2D eigenvalue weighted by Gasteiger charge is -2.34. The van der Waals surface area contributed by atoms with Gasteiger partial charge in [0.25, 0.3) is 5.91 Å². The van der Waals surface area contributed by atoms with Crippen molar-refractivity contribution in [3.8, 4) is 17.3 Å². The summed E-state index contributed by atoms with van der Waals surface area (Å²) in [5.74, 6) is 0.738. The molecule has 1 aliphatic heterocycles. The van der Waals surface area contributed by atoms with E-state index in [0.717, 1.165) is 31.2 Å². The zero-order chi connectivity index (χ0) is 23.3. The minimum atomic E-state index is -0.127. The Morgan fingerprint density at radius 1 is 1.21 bits per heavy atom. The first-order valence-corrected chi connectivity index (χ1v) is 11.7. The topological polar surface area (TPSA) is 109 Å². The number of carbonyl (C=O) groups excluding carboxylic acids is 1. The van der Waals surface area contributed by atoms with E-state index >= 15 is 0 Å². The Hall–Kier alpha value is -3.77. The van der Waals surface area contributed by atoms with E-state index < -0.39 is 0 Å². The predicted octanol–water partition coefficient (Wildman–Crippen LogP) is 3.85. The standard InChI is InChI=1S/C25H27N7O2/c26-12-8-23(18-6-7-18)31-17-20(16-28-31)22-9-13-27-25(29-22)30-32(21-10-14-34-15-11-21)24(33)19-4-2-1-3-5-19/h1-5,9,13,16-18,21,23H,6-8,10-11,14-15H2,(H,27,29,30). The second-order valence-electron chi connectivity index (χ2n) is 8.74. The summed E-state index contributed by atoms with van der Waals surface area (Å²) in [5, 5.41) is 15.3. The fraction of sp³-hybridized carbons (Fsp3) is 0.400. The summed E-state index contributed by atoms with van der Waals surface area (Å²) in [4.78, 5) is 22.4. The van der Waals surface area contributed by atoms with E-state index in [1.165, 1.54) is 0 Å². The summed E-state index contributed by atoms with van der Waals surface area (Å²) in [6, 6.07) is 13.4. The van der Waals surface area contributed by atoms with Crippen LogP contribution in [0.15, 0.2) is 55.0 Å². The first-order chi connectivity index (χ1) is 16.7. The number of aromatic nitrogens is 4. The molecule has 9 heteroatoms. The van der Waals surface area contributed by atoms with Gasteiger partial charge in [-0.2, -0.15) is 10.4 Å². The van der Waals surface area contributed by atoms with Gasteiger partial charge >= 0.3 is 0 Å². The number of hydrogen-bond donors (Lipinski definition) is 1. The highest BCUT2D eigenvalue weighted by atomic mass is 16.5. The first-order valence-electron chi connectivity index (χ1n) is 11.7. The lowest BCUT2D eigenvalue weighted by molar-refractivity contribution is 0.0356. The molecule has 2 aliphatic rings. The van der Waals surface area contributed by atoms with E-state index in [1.54, 1.807) is 29.5 Å². The molecule has 1 saturated carbocycles. The average Bonchev–Trinajstić information content (AvgIpc) is 3.62. The van der Waals surface area contributed by atoms with Gasteiger partial charge in [0.2, 0.25) is 5.95 Å². The zero-order valence-corrected chi connectivity index (χ0v) is 18.9. The number of ether oxygens (including phenoxy) is 1. The van der Waals surface area contributed by atoms with Gasteiger partial charge < -0.3 is 4.74 Å². The molecule has 3 heterocycles. The Balaban J connectivity index is 1.38. The molecule has 9 nitrogen and oxygen atoms in total. The van der Waals surface area contributed by atoms with Crippen molar-refractivity contribution in [1.82, 2.24) is 24.8 Å². The maximum Gasteiger partial charge on any atom is 0.272 e. The van der Waals surface area contributed by atoms with Crippen LogP contribution in [0.25, 0.3) is 11.3 Å². The largest absolute Gasteiger partial charge is 0.381 e. The summed E-state index contributed by atoms with van der Waals surface area (Å²) < 4.78 is 7.38. The molecule has 0 spiro atoms. The van der Waals surface area contributed by atoms with Gasteiger partial charge in [-0.3, -0.25) is 14.9 Å². The molecule has 174 valence electrons. The molecule has 1 saturated heterocycles. The van der Waals surface area contributed by atoms with Crippen LogP contribution in [-0.2, 0) is 4.74 Å². The minimum Gasteiger partial charge on any atom is -0.381 e. The lowest BCUT2D eigenvalue weighted by atomic mass is 10.1. The Morgan fingerprint density at radius 2 is 2.00 bits per heavy atom. The highest BCUT2D eigenvalue weighted by Gasteiger charge is 2.33. The number of nitrogens with zero attached hydrogens (tertiary/aromatic N) is 6. The Labute approximate surface area is 198 Å². The van der Waals surface area contributed by atoms with Crippen LogP contribution in [-0.4, -0.2) is 49.9 Å². The van der Waals surface area contributed by atoms with E-state index in [1.807, 2.05) is 35.1 Å². The molecular formula is C25H27N7O2. The number of anilines is 1. The SMILES string of the molecule is N#CCC(C1CC1)n1cc(-c2ccnc(NN(C(=O)c3ccccc3)C3CCOCC3)n2)cn1. The van der Waals surface area contributed by atoms with Gasteiger partial charge in [-0.1, -0.05) is 18.2 Å². The van der Waals surface area contributed by atoms with E-state index in [2.05, 4.69) is 26.6 Å². The van der Waals surface area contributed by atoms with Crippen molar-refractivity contribution < 1.29 is 9.53 Å². The van der Waals surface area contributed by atoms with Crippen LogP contribution in [0.5, 0.6) is 0 Å². The summed E-state index contributed by atoms with van der Waals surface area (Å²) in [6.07, 6.45) is 9.58. The maximum atomic E-state index is 13.3. The van der Waals surface area contributed by atoms with Crippen molar-refractivity contribution in [3.05, 3.63) is 60.6 Å². The van der Waals surface area contributed by atoms with E-state index in [-0.39, 0.29) is 18.0 Å². The second kappa shape index (κ2) is 10.0.